The Kier molecular flexibility index (Phi) is 5.27. The van der Waals surface area contributed by atoms with Crippen LogP contribution in [-0.2, 0) is 4.79 Å². The molecule has 4 nitrogen and oxygen atoms in total. The van der Waals surface area contributed by atoms with Gasteiger partial charge >= 0.3 is 0 Å². The van der Waals surface area contributed by atoms with E-state index in [2.05, 4.69) is 40.0 Å². The number of piperidine rings is 1. The van der Waals surface area contributed by atoms with Crippen LogP contribution in [0.25, 0.3) is 0 Å². The molecule has 0 bridgehead atoms. The average Bonchev–Trinajstić information content (AvgIpc) is 2.45. The molecule has 1 amide bonds. The van der Waals surface area contributed by atoms with E-state index in [-0.39, 0.29) is 5.91 Å². The molecule has 5 heteroatoms. The smallest absolute Gasteiger partial charge is 0.238 e. The highest BCUT2D eigenvalue weighted by Gasteiger charge is 2.28. The second-order valence-electron chi connectivity index (χ2n) is 6.23. The molecule has 1 aromatic carbocycles. The summed E-state index contributed by atoms with van der Waals surface area (Å²) >= 11 is 3.42. The molecule has 0 aromatic heterocycles. The van der Waals surface area contributed by atoms with Crippen LogP contribution in [0.4, 0.5) is 11.4 Å². The van der Waals surface area contributed by atoms with Crippen LogP contribution in [0.2, 0.25) is 0 Å². The van der Waals surface area contributed by atoms with E-state index < -0.39 is 0 Å². The second kappa shape index (κ2) is 6.79. The molecule has 0 atom stereocenters. The summed E-state index contributed by atoms with van der Waals surface area (Å²) in [4.78, 5) is 14.4. The largest absolute Gasteiger partial charge is 0.399 e. The van der Waals surface area contributed by atoms with Crippen molar-refractivity contribution in [3.05, 3.63) is 22.7 Å². The molecule has 21 heavy (non-hydrogen) atoms. The molecular weight excluding hydrogens is 330 g/mol. The van der Waals surface area contributed by atoms with Gasteiger partial charge in [0.2, 0.25) is 5.91 Å². The van der Waals surface area contributed by atoms with E-state index in [4.69, 9.17) is 5.73 Å². The van der Waals surface area contributed by atoms with Crippen LogP contribution in [0.5, 0.6) is 0 Å². The number of amides is 1. The van der Waals surface area contributed by atoms with E-state index >= 15 is 0 Å². The maximum absolute atomic E-state index is 12.1. The molecule has 1 saturated heterocycles. The zero-order chi connectivity index (χ0) is 15.5. The summed E-state index contributed by atoms with van der Waals surface area (Å²) in [7, 11) is 0. The van der Waals surface area contributed by atoms with E-state index in [1.54, 1.807) is 12.1 Å². The molecule has 0 unspecified atom stereocenters. The van der Waals surface area contributed by atoms with Gasteiger partial charge in [-0.15, -0.1) is 0 Å². The van der Waals surface area contributed by atoms with Gasteiger partial charge in [0.05, 0.1) is 12.2 Å². The molecule has 1 fully saturated rings. The summed E-state index contributed by atoms with van der Waals surface area (Å²) < 4.78 is 0.813. The molecule has 1 aliphatic rings. The molecule has 116 valence electrons. The molecule has 2 rings (SSSR count). The molecule has 1 heterocycles. The van der Waals surface area contributed by atoms with E-state index in [1.807, 2.05) is 6.07 Å². The summed E-state index contributed by atoms with van der Waals surface area (Å²) in [5, 5.41) is 2.94. The Bertz CT molecular complexity index is 510. The van der Waals surface area contributed by atoms with Gasteiger partial charge in [0.25, 0.3) is 0 Å². The monoisotopic (exact) mass is 353 g/mol. The summed E-state index contributed by atoms with van der Waals surface area (Å²) in [6.07, 6.45) is 3.55. The number of hydrogen-bond acceptors (Lipinski definition) is 3. The first-order valence-corrected chi connectivity index (χ1v) is 8.28. The first kappa shape index (κ1) is 16.3. The van der Waals surface area contributed by atoms with Gasteiger partial charge < -0.3 is 11.1 Å². The fourth-order valence-corrected chi connectivity index (χ4v) is 3.13. The van der Waals surface area contributed by atoms with Crippen LogP contribution in [0, 0.1) is 5.41 Å². The fourth-order valence-electron chi connectivity index (χ4n) is 2.63. The number of carbonyl (C=O) groups excluding carboxylic acids is 1. The lowest BCUT2D eigenvalue weighted by molar-refractivity contribution is -0.117. The molecule has 0 radical (unpaired) electrons. The quantitative estimate of drug-likeness (QED) is 0.814. The van der Waals surface area contributed by atoms with Crippen LogP contribution in [0.1, 0.15) is 33.1 Å². The van der Waals surface area contributed by atoms with E-state index in [0.717, 1.165) is 23.2 Å². The molecule has 1 aliphatic heterocycles. The summed E-state index contributed by atoms with van der Waals surface area (Å²) in [5.41, 5.74) is 7.59. The van der Waals surface area contributed by atoms with Crippen LogP contribution in [-0.4, -0.2) is 30.4 Å². The predicted octanol–water partition coefficient (Wildman–Crippen LogP) is 3.48. The van der Waals surface area contributed by atoms with Gasteiger partial charge in [0.15, 0.2) is 0 Å². The first-order chi connectivity index (χ1) is 9.92. The predicted molar refractivity (Wildman–Crippen MR) is 91.3 cm³/mol. The molecule has 1 aromatic rings. The van der Waals surface area contributed by atoms with Crippen molar-refractivity contribution in [2.24, 2.45) is 5.41 Å². The maximum atomic E-state index is 12.1. The highest BCUT2D eigenvalue weighted by Crippen LogP contribution is 2.33. The van der Waals surface area contributed by atoms with Gasteiger partial charge in [-0.05, 0) is 65.5 Å². The standard InChI is InChI=1S/C16H24BrN3O/c1-3-16(2)6-8-20(9-7-16)11-15(21)19-14-5-4-12(18)10-13(14)17/h4-5,10H,3,6-9,11,18H2,1-2H3,(H,19,21). The highest BCUT2D eigenvalue weighted by atomic mass is 79.9. The summed E-state index contributed by atoms with van der Waals surface area (Å²) in [6, 6.07) is 5.40. The lowest BCUT2D eigenvalue weighted by atomic mass is 9.78. The van der Waals surface area contributed by atoms with Gasteiger partial charge in [0.1, 0.15) is 0 Å². The molecule has 3 N–H and O–H groups in total. The van der Waals surface area contributed by atoms with Crippen molar-refractivity contribution >= 4 is 33.2 Å². The molecule has 0 aliphatic carbocycles. The normalized spacial score (nSPS) is 18.4. The Labute approximate surface area is 135 Å². The number of hydrogen-bond donors (Lipinski definition) is 2. The number of anilines is 2. The third-order valence-corrected chi connectivity index (χ3v) is 5.21. The number of halogens is 1. The number of likely N-dealkylation sites (tertiary alicyclic amines) is 1. The van der Waals surface area contributed by atoms with Crippen molar-refractivity contribution in [3.8, 4) is 0 Å². The topological polar surface area (TPSA) is 58.4 Å². The summed E-state index contributed by atoms with van der Waals surface area (Å²) in [5.74, 6) is 0.0283. The highest BCUT2D eigenvalue weighted by molar-refractivity contribution is 9.10. The number of benzene rings is 1. The number of nitrogen functional groups attached to an aromatic ring is 1. The van der Waals surface area contributed by atoms with Crippen LogP contribution in [0.3, 0.4) is 0 Å². The average molecular weight is 354 g/mol. The van der Waals surface area contributed by atoms with Gasteiger partial charge in [-0.2, -0.15) is 0 Å². The van der Waals surface area contributed by atoms with Crippen molar-refractivity contribution in [1.82, 2.24) is 4.90 Å². The second-order valence-corrected chi connectivity index (χ2v) is 7.08. The SMILES string of the molecule is CCC1(C)CCN(CC(=O)Nc2ccc(N)cc2Br)CC1. The van der Waals surface area contributed by atoms with Crippen molar-refractivity contribution < 1.29 is 4.79 Å². The Hall–Kier alpha value is -1.07. The molecule has 0 spiro atoms. The number of nitrogens with two attached hydrogens (primary N) is 1. The Morgan fingerprint density at radius 3 is 2.67 bits per heavy atom. The van der Waals surface area contributed by atoms with Gasteiger partial charge in [-0.3, -0.25) is 9.69 Å². The number of rotatable bonds is 4. The third kappa shape index (κ3) is 4.45. The van der Waals surface area contributed by atoms with Crippen molar-refractivity contribution in [3.63, 3.8) is 0 Å². The zero-order valence-electron chi connectivity index (χ0n) is 12.8. The third-order valence-electron chi connectivity index (χ3n) is 4.55. The minimum absolute atomic E-state index is 0.0283. The van der Waals surface area contributed by atoms with Crippen LogP contribution >= 0.6 is 15.9 Å². The van der Waals surface area contributed by atoms with Crippen molar-refractivity contribution in [1.29, 1.82) is 0 Å². The van der Waals surface area contributed by atoms with Crippen molar-refractivity contribution in [2.45, 2.75) is 33.1 Å². The van der Waals surface area contributed by atoms with Gasteiger partial charge in [-0.25, -0.2) is 0 Å². The Morgan fingerprint density at radius 2 is 2.10 bits per heavy atom. The number of carbonyl (C=O) groups is 1. The maximum Gasteiger partial charge on any atom is 0.238 e. The first-order valence-electron chi connectivity index (χ1n) is 7.49. The number of nitrogens with one attached hydrogen (secondary N) is 1. The fraction of sp³-hybridized carbons (Fsp3) is 0.562. The van der Waals surface area contributed by atoms with E-state index in [1.165, 1.54) is 19.3 Å². The number of nitrogens with zero attached hydrogens (tertiary/aromatic N) is 1. The van der Waals surface area contributed by atoms with Crippen LogP contribution < -0.4 is 11.1 Å². The van der Waals surface area contributed by atoms with E-state index in [0.29, 0.717) is 17.6 Å². The molecule has 0 saturated carbocycles. The summed E-state index contributed by atoms with van der Waals surface area (Å²) in [6.45, 7) is 7.05. The van der Waals surface area contributed by atoms with Crippen LogP contribution in [0.15, 0.2) is 22.7 Å². The zero-order valence-corrected chi connectivity index (χ0v) is 14.4. The Morgan fingerprint density at radius 1 is 1.43 bits per heavy atom. The molecular formula is C16H24BrN3O. The minimum Gasteiger partial charge on any atom is -0.399 e. The van der Waals surface area contributed by atoms with Gasteiger partial charge in [-0.1, -0.05) is 20.3 Å². The Balaban J connectivity index is 1.85. The minimum atomic E-state index is 0.0283. The lowest BCUT2D eigenvalue weighted by Crippen LogP contribution is -2.42. The lowest BCUT2D eigenvalue weighted by Gasteiger charge is -2.38. The van der Waals surface area contributed by atoms with Crippen molar-refractivity contribution in [2.75, 3.05) is 30.7 Å². The van der Waals surface area contributed by atoms with E-state index in [9.17, 15) is 4.79 Å². The van der Waals surface area contributed by atoms with Gasteiger partial charge in [0, 0.05) is 10.2 Å².